The lowest BCUT2D eigenvalue weighted by molar-refractivity contribution is -0.386. The molecule has 0 bridgehead atoms. The molecule has 0 fully saturated rings. The lowest BCUT2D eigenvalue weighted by Crippen LogP contribution is -2.09. The minimum absolute atomic E-state index is 0.354. The van der Waals surface area contributed by atoms with Crippen LogP contribution >= 0.6 is 15.9 Å². The third-order valence-corrected chi connectivity index (χ3v) is 2.80. The van der Waals surface area contributed by atoms with Gasteiger partial charge in [0.05, 0.1) is 10.5 Å². The molecule has 92 valence electrons. The molecule has 0 saturated carbocycles. The molecule has 0 radical (unpaired) electrons. The van der Waals surface area contributed by atoms with Gasteiger partial charge >= 0.3 is 6.18 Å². The topological polar surface area (TPSA) is 60.2 Å². The Balaban J connectivity index is 3.60. The molecule has 1 aromatic rings. The maximum absolute atomic E-state index is 12.6. The normalized spacial score (nSPS) is 11.4. The molecule has 0 aromatic heterocycles. The molecule has 1 aromatic carbocycles. The van der Waals surface area contributed by atoms with Crippen LogP contribution in [0.4, 0.5) is 18.9 Å². The number of benzene rings is 1. The molecule has 1 rings (SSSR count). The second-order valence-electron chi connectivity index (χ2n) is 3.17. The number of rotatable bonds is 2. The van der Waals surface area contributed by atoms with E-state index in [1.165, 1.54) is 0 Å². The maximum atomic E-state index is 12.6. The summed E-state index contributed by atoms with van der Waals surface area (Å²) in [6.45, 7) is 1.03. The number of nitro benzene ring substituents is 1. The maximum Gasteiger partial charge on any atom is 0.417 e. The number of Topliss-reactive ketones (excluding diaryl/α,β-unsaturated/α-hetero) is 1. The first kappa shape index (κ1) is 13.6. The van der Waals surface area contributed by atoms with E-state index in [4.69, 9.17) is 0 Å². The second-order valence-corrected chi connectivity index (χ2v) is 3.96. The Kier molecular flexibility index (Phi) is 3.56. The monoisotopic (exact) mass is 311 g/mol. The van der Waals surface area contributed by atoms with Crippen molar-refractivity contribution >= 4 is 27.4 Å². The Morgan fingerprint density at radius 2 is 1.94 bits per heavy atom. The zero-order valence-electron chi connectivity index (χ0n) is 8.34. The van der Waals surface area contributed by atoms with E-state index in [1.54, 1.807) is 0 Å². The first-order valence-corrected chi connectivity index (χ1v) is 5.00. The van der Waals surface area contributed by atoms with Gasteiger partial charge in [-0.2, -0.15) is 13.2 Å². The molecule has 0 aliphatic rings. The van der Waals surface area contributed by atoms with Crippen molar-refractivity contribution in [2.24, 2.45) is 0 Å². The van der Waals surface area contributed by atoms with Gasteiger partial charge in [-0.25, -0.2) is 0 Å². The zero-order chi connectivity index (χ0) is 13.4. The highest BCUT2D eigenvalue weighted by atomic mass is 79.9. The molecule has 0 aliphatic heterocycles. The molecule has 0 aliphatic carbocycles. The van der Waals surface area contributed by atoms with Gasteiger partial charge in [0.1, 0.15) is 4.47 Å². The summed E-state index contributed by atoms with van der Waals surface area (Å²) in [5.74, 6) is -0.675. The van der Waals surface area contributed by atoms with Crippen LogP contribution in [-0.2, 0) is 6.18 Å². The SMILES string of the molecule is CC(=O)c1cc([N+](=O)[O-])c(Br)c(C(F)(F)F)c1. The standard InChI is InChI=1S/C9H5BrF3NO3/c1-4(15)5-2-6(9(11,12)13)8(10)7(3-5)14(16)17/h2-3H,1H3. The Morgan fingerprint density at radius 1 is 1.41 bits per heavy atom. The van der Waals surface area contributed by atoms with E-state index in [2.05, 4.69) is 15.9 Å². The number of nitrogens with zero attached hydrogens (tertiary/aromatic N) is 1. The molecule has 4 nitrogen and oxygen atoms in total. The Hall–Kier alpha value is -1.44. The fraction of sp³-hybridized carbons (Fsp3) is 0.222. The van der Waals surface area contributed by atoms with Crippen LogP contribution in [0.3, 0.4) is 0 Å². The molecule has 0 amide bonds. The van der Waals surface area contributed by atoms with Crippen molar-refractivity contribution in [1.82, 2.24) is 0 Å². The largest absolute Gasteiger partial charge is 0.417 e. The van der Waals surface area contributed by atoms with Crippen LogP contribution in [0.1, 0.15) is 22.8 Å². The third-order valence-electron chi connectivity index (χ3n) is 1.96. The number of carbonyl (C=O) groups is 1. The highest BCUT2D eigenvalue weighted by Crippen LogP contribution is 2.40. The average Bonchev–Trinajstić information content (AvgIpc) is 2.15. The summed E-state index contributed by atoms with van der Waals surface area (Å²) in [4.78, 5) is 20.6. The quantitative estimate of drug-likeness (QED) is 0.476. The highest BCUT2D eigenvalue weighted by Gasteiger charge is 2.37. The molecule has 0 saturated heterocycles. The first-order valence-electron chi connectivity index (χ1n) is 4.20. The fourth-order valence-corrected chi connectivity index (χ4v) is 1.75. The fourth-order valence-electron chi connectivity index (χ4n) is 1.15. The molecule has 0 heterocycles. The van der Waals surface area contributed by atoms with Crippen molar-refractivity contribution < 1.29 is 22.9 Å². The van der Waals surface area contributed by atoms with E-state index in [-0.39, 0.29) is 5.56 Å². The number of carbonyl (C=O) groups excluding carboxylic acids is 1. The number of alkyl halides is 3. The van der Waals surface area contributed by atoms with Crippen LogP contribution in [-0.4, -0.2) is 10.7 Å². The summed E-state index contributed by atoms with van der Waals surface area (Å²) in [7, 11) is 0. The molecule has 0 spiro atoms. The van der Waals surface area contributed by atoms with Crippen LogP contribution in [0.15, 0.2) is 16.6 Å². The zero-order valence-corrected chi connectivity index (χ0v) is 9.92. The van der Waals surface area contributed by atoms with Crippen LogP contribution < -0.4 is 0 Å². The average molecular weight is 312 g/mol. The van der Waals surface area contributed by atoms with E-state index in [0.717, 1.165) is 13.0 Å². The van der Waals surface area contributed by atoms with Crippen LogP contribution in [0.25, 0.3) is 0 Å². The summed E-state index contributed by atoms with van der Waals surface area (Å²) < 4.78 is 37.0. The number of hydrogen-bond acceptors (Lipinski definition) is 3. The summed E-state index contributed by atoms with van der Waals surface area (Å²) >= 11 is 2.53. The van der Waals surface area contributed by atoms with Gasteiger partial charge in [-0.1, -0.05) is 0 Å². The molecule has 0 N–H and O–H groups in total. The lowest BCUT2D eigenvalue weighted by atomic mass is 10.1. The highest BCUT2D eigenvalue weighted by molar-refractivity contribution is 9.10. The summed E-state index contributed by atoms with van der Waals surface area (Å²) in [6.07, 6.45) is -4.77. The minimum atomic E-state index is -4.77. The van der Waals surface area contributed by atoms with Crippen molar-refractivity contribution in [3.63, 3.8) is 0 Å². The van der Waals surface area contributed by atoms with E-state index in [9.17, 15) is 28.1 Å². The van der Waals surface area contributed by atoms with E-state index in [0.29, 0.717) is 6.07 Å². The van der Waals surface area contributed by atoms with Gasteiger partial charge in [-0.15, -0.1) is 0 Å². The molecule has 17 heavy (non-hydrogen) atoms. The van der Waals surface area contributed by atoms with Crippen molar-refractivity contribution in [3.8, 4) is 0 Å². The number of nitro groups is 1. The van der Waals surface area contributed by atoms with Crippen LogP contribution in [0.2, 0.25) is 0 Å². The molecule has 8 heteroatoms. The van der Waals surface area contributed by atoms with Crippen LogP contribution in [0, 0.1) is 10.1 Å². The van der Waals surface area contributed by atoms with Gasteiger partial charge in [0.2, 0.25) is 0 Å². The van der Waals surface area contributed by atoms with Crippen LogP contribution in [0.5, 0.6) is 0 Å². The predicted molar refractivity (Wildman–Crippen MR) is 55.8 cm³/mol. The van der Waals surface area contributed by atoms with Gasteiger partial charge in [0.25, 0.3) is 5.69 Å². The Labute approximate surface area is 102 Å². The van der Waals surface area contributed by atoms with Gasteiger partial charge in [0, 0.05) is 11.6 Å². The van der Waals surface area contributed by atoms with Crippen molar-refractivity contribution in [1.29, 1.82) is 0 Å². The van der Waals surface area contributed by atoms with E-state index >= 15 is 0 Å². The van der Waals surface area contributed by atoms with E-state index in [1.807, 2.05) is 0 Å². The summed E-state index contributed by atoms with van der Waals surface area (Å²) in [5, 5.41) is 10.6. The molecule has 0 atom stereocenters. The predicted octanol–water partition coefficient (Wildman–Crippen LogP) is 3.58. The second kappa shape index (κ2) is 4.44. The smallest absolute Gasteiger partial charge is 0.295 e. The Bertz CT molecular complexity index is 499. The number of hydrogen-bond donors (Lipinski definition) is 0. The van der Waals surface area contributed by atoms with Gasteiger partial charge in [0.15, 0.2) is 5.78 Å². The Morgan fingerprint density at radius 3 is 2.29 bits per heavy atom. The first-order chi connectivity index (χ1) is 7.64. The van der Waals surface area contributed by atoms with Crippen molar-refractivity contribution in [2.75, 3.05) is 0 Å². The van der Waals surface area contributed by atoms with Crippen molar-refractivity contribution in [2.45, 2.75) is 13.1 Å². The molecule has 0 unspecified atom stereocenters. The number of ketones is 1. The van der Waals surface area contributed by atoms with Gasteiger partial charge < -0.3 is 0 Å². The number of halogens is 4. The van der Waals surface area contributed by atoms with E-state index < -0.39 is 32.6 Å². The van der Waals surface area contributed by atoms with Crippen molar-refractivity contribution in [3.05, 3.63) is 37.8 Å². The summed E-state index contributed by atoms with van der Waals surface area (Å²) in [5.41, 5.74) is -2.38. The lowest BCUT2D eigenvalue weighted by Gasteiger charge is -2.10. The third kappa shape index (κ3) is 2.82. The summed E-state index contributed by atoms with van der Waals surface area (Å²) in [6, 6.07) is 1.39. The van der Waals surface area contributed by atoms with Gasteiger partial charge in [-0.05, 0) is 28.9 Å². The van der Waals surface area contributed by atoms with Gasteiger partial charge in [-0.3, -0.25) is 14.9 Å². The molecular formula is C9H5BrF3NO3. The minimum Gasteiger partial charge on any atom is -0.295 e. The molecular weight excluding hydrogens is 307 g/mol.